The van der Waals surface area contributed by atoms with Crippen LogP contribution in [-0.2, 0) is 17.8 Å². The molecule has 76 valence electrons. The maximum atomic E-state index is 10.8. The van der Waals surface area contributed by atoms with Crippen molar-refractivity contribution in [1.29, 1.82) is 0 Å². The number of hydrogen-bond acceptors (Lipinski definition) is 3. The Labute approximate surface area is 83.0 Å². The van der Waals surface area contributed by atoms with Crippen molar-refractivity contribution in [2.75, 3.05) is 0 Å². The summed E-state index contributed by atoms with van der Waals surface area (Å²) in [6.07, 6.45) is 1.09. The third kappa shape index (κ3) is 2.85. The minimum atomic E-state index is -0.109. The Balaban J connectivity index is 2.80. The Kier molecular flexibility index (Phi) is 3.65. The first-order chi connectivity index (χ1) is 6.63. The van der Waals surface area contributed by atoms with Gasteiger partial charge in [-0.3, -0.25) is 0 Å². The van der Waals surface area contributed by atoms with Crippen LogP contribution in [0.1, 0.15) is 24.5 Å². The number of carbonyl (C=O) groups excluding carboxylic acids is 1. The lowest BCUT2D eigenvalue weighted by atomic mass is 10.0. The van der Waals surface area contributed by atoms with Crippen LogP contribution in [0.3, 0.4) is 0 Å². The first-order valence-electron chi connectivity index (χ1n) is 4.54. The normalized spacial score (nSPS) is 10.1. The SMILES string of the molecule is CC(=O)CCc1ccc(O)cc1CO. The molecule has 0 aliphatic carbocycles. The standard InChI is InChI=1S/C11H14O3/c1-8(13)2-3-9-4-5-11(14)6-10(9)7-12/h4-6,12,14H,2-3,7H2,1H3. The second kappa shape index (κ2) is 4.77. The monoisotopic (exact) mass is 194 g/mol. The third-order valence-electron chi connectivity index (χ3n) is 2.11. The van der Waals surface area contributed by atoms with E-state index in [2.05, 4.69) is 0 Å². The second-order valence-corrected chi connectivity index (χ2v) is 3.31. The highest BCUT2D eigenvalue weighted by molar-refractivity contribution is 5.75. The molecule has 0 saturated heterocycles. The van der Waals surface area contributed by atoms with Crippen LogP contribution >= 0.6 is 0 Å². The number of aliphatic hydroxyl groups excluding tert-OH is 1. The van der Waals surface area contributed by atoms with Crippen molar-refractivity contribution >= 4 is 5.78 Å². The number of ketones is 1. The number of phenols is 1. The predicted octanol–water partition coefficient (Wildman–Crippen LogP) is 1.41. The topological polar surface area (TPSA) is 57.5 Å². The van der Waals surface area contributed by atoms with Gasteiger partial charge in [-0.1, -0.05) is 6.07 Å². The van der Waals surface area contributed by atoms with Gasteiger partial charge in [0.25, 0.3) is 0 Å². The van der Waals surface area contributed by atoms with Crippen LogP contribution in [0.5, 0.6) is 5.75 Å². The lowest BCUT2D eigenvalue weighted by Crippen LogP contribution is -1.98. The number of benzene rings is 1. The van der Waals surface area contributed by atoms with Crippen LogP contribution in [0.4, 0.5) is 0 Å². The van der Waals surface area contributed by atoms with Crippen molar-refractivity contribution in [2.24, 2.45) is 0 Å². The minimum absolute atomic E-state index is 0.109. The molecule has 0 radical (unpaired) electrons. The van der Waals surface area contributed by atoms with Crippen LogP contribution in [0.15, 0.2) is 18.2 Å². The van der Waals surface area contributed by atoms with Gasteiger partial charge in [-0.15, -0.1) is 0 Å². The van der Waals surface area contributed by atoms with Gasteiger partial charge >= 0.3 is 0 Å². The molecular formula is C11H14O3. The van der Waals surface area contributed by atoms with Gasteiger partial charge in [0.15, 0.2) is 0 Å². The Bertz CT molecular complexity index is 331. The van der Waals surface area contributed by atoms with Crippen molar-refractivity contribution in [3.8, 4) is 5.75 Å². The third-order valence-corrected chi connectivity index (χ3v) is 2.11. The van der Waals surface area contributed by atoms with Gasteiger partial charge in [0.1, 0.15) is 11.5 Å². The van der Waals surface area contributed by atoms with Gasteiger partial charge in [-0.25, -0.2) is 0 Å². The smallest absolute Gasteiger partial charge is 0.130 e. The Morgan fingerprint density at radius 1 is 1.36 bits per heavy atom. The van der Waals surface area contributed by atoms with Crippen LogP contribution < -0.4 is 0 Å². The molecular weight excluding hydrogens is 180 g/mol. The Morgan fingerprint density at radius 3 is 2.64 bits per heavy atom. The zero-order valence-corrected chi connectivity index (χ0v) is 8.16. The largest absolute Gasteiger partial charge is 0.508 e. The van der Waals surface area contributed by atoms with Crippen LogP contribution in [-0.4, -0.2) is 16.0 Å². The average molecular weight is 194 g/mol. The van der Waals surface area contributed by atoms with E-state index in [0.29, 0.717) is 18.4 Å². The van der Waals surface area contributed by atoms with Crippen LogP contribution in [0.25, 0.3) is 0 Å². The van der Waals surface area contributed by atoms with E-state index in [1.807, 2.05) is 0 Å². The van der Waals surface area contributed by atoms with Gasteiger partial charge in [0.2, 0.25) is 0 Å². The highest BCUT2D eigenvalue weighted by atomic mass is 16.3. The van der Waals surface area contributed by atoms with Crippen molar-refractivity contribution in [1.82, 2.24) is 0 Å². The molecule has 0 aliphatic rings. The average Bonchev–Trinajstić information content (AvgIpc) is 2.15. The molecule has 1 rings (SSSR count). The van der Waals surface area contributed by atoms with E-state index in [0.717, 1.165) is 5.56 Å². The van der Waals surface area contributed by atoms with E-state index < -0.39 is 0 Å². The molecule has 0 unspecified atom stereocenters. The van der Waals surface area contributed by atoms with E-state index in [-0.39, 0.29) is 18.1 Å². The summed E-state index contributed by atoms with van der Waals surface area (Å²) in [6, 6.07) is 4.83. The summed E-state index contributed by atoms with van der Waals surface area (Å²) in [6.45, 7) is 1.43. The van der Waals surface area contributed by atoms with Gasteiger partial charge in [-0.05, 0) is 36.6 Å². The second-order valence-electron chi connectivity index (χ2n) is 3.31. The van der Waals surface area contributed by atoms with E-state index >= 15 is 0 Å². The molecule has 0 bridgehead atoms. The van der Waals surface area contributed by atoms with Gasteiger partial charge < -0.3 is 15.0 Å². The van der Waals surface area contributed by atoms with Crippen molar-refractivity contribution in [3.63, 3.8) is 0 Å². The highest BCUT2D eigenvalue weighted by Crippen LogP contribution is 2.18. The summed E-state index contributed by atoms with van der Waals surface area (Å²) >= 11 is 0. The van der Waals surface area contributed by atoms with E-state index in [4.69, 9.17) is 10.2 Å². The first-order valence-corrected chi connectivity index (χ1v) is 4.54. The fraction of sp³-hybridized carbons (Fsp3) is 0.364. The predicted molar refractivity (Wildman–Crippen MR) is 53.0 cm³/mol. The molecule has 1 aromatic rings. The fourth-order valence-electron chi connectivity index (χ4n) is 1.31. The first kappa shape index (κ1) is 10.7. The number of hydrogen-bond donors (Lipinski definition) is 2. The van der Waals surface area contributed by atoms with E-state index in [1.54, 1.807) is 19.1 Å². The summed E-state index contributed by atoms with van der Waals surface area (Å²) in [5, 5.41) is 18.2. The molecule has 0 fully saturated rings. The molecule has 1 aromatic carbocycles. The zero-order valence-electron chi connectivity index (χ0n) is 8.16. The van der Waals surface area contributed by atoms with Crippen molar-refractivity contribution in [3.05, 3.63) is 29.3 Å². The number of aliphatic hydroxyl groups is 1. The van der Waals surface area contributed by atoms with Crippen molar-refractivity contribution < 1.29 is 15.0 Å². The lowest BCUT2D eigenvalue weighted by Gasteiger charge is -2.06. The number of Topliss-reactive ketones (excluding diaryl/α,β-unsaturated/α-hetero) is 1. The Hall–Kier alpha value is -1.35. The molecule has 0 aliphatic heterocycles. The molecule has 2 N–H and O–H groups in total. The molecule has 0 aromatic heterocycles. The molecule has 14 heavy (non-hydrogen) atoms. The molecule has 0 atom stereocenters. The van der Waals surface area contributed by atoms with Gasteiger partial charge in [0, 0.05) is 6.42 Å². The van der Waals surface area contributed by atoms with Crippen LogP contribution in [0.2, 0.25) is 0 Å². The summed E-state index contributed by atoms with van der Waals surface area (Å²) in [4.78, 5) is 10.8. The molecule has 3 heteroatoms. The van der Waals surface area contributed by atoms with E-state index in [9.17, 15) is 4.79 Å². The number of aromatic hydroxyl groups is 1. The molecule has 0 amide bonds. The quantitative estimate of drug-likeness (QED) is 0.761. The number of aryl methyl sites for hydroxylation is 1. The summed E-state index contributed by atoms with van der Waals surface area (Å²) in [5.41, 5.74) is 1.60. The Morgan fingerprint density at radius 2 is 2.07 bits per heavy atom. The molecule has 3 nitrogen and oxygen atoms in total. The maximum absolute atomic E-state index is 10.8. The van der Waals surface area contributed by atoms with Crippen molar-refractivity contribution in [2.45, 2.75) is 26.4 Å². The summed E-state index contributed by atoms with van der Waals surface area (Å²) < 4.78 is 0. The number of carbonyl (C=O) groups is 1. The molecule has 0 heterocycles. The fourth-order valence-corrected chi connectivity index (χ4v) is 1.31. The summed E-state index contributed by atoms with van der Waals surface area (Å²) in [5.74, 6) is 0.266. The molecule has 0 spiro atoms. The van der Waals surface area contributed by atoms with Crippen LogP contribution in [0, 0.1) is 0 Å². The van der Waals surface area contributed by atoms with Gasteiger partial charge in [0.05, 0.1) is 6.61 Å². The highest BCUT2D eigenvalue weighted by Gasteiger charge is 2.03. The number of rotatable bonds is 4. The maximum Gasteiger partial charge on any atom is 0.130 e. The van der Waals surface area contributed by atoms with Gasteiger partial charge in [-0.2, -0.15) is 0 Å². The lowest BCUT2D eigenvalue weighted by molar-refractivity contribution is -0.116. The summed E-state index contributed by atoms with van der Waals surface area (Å²) in [7, 11) is 0. The minimum Gasteiger partial charge on any atom is -0.508 e. The molecule has 0 saturated carbocycles. The van der Waals surface area contributed by atoms with E-state index in [1.165, 1.54) is 6.07 Å². The number of phenolic OH excluding ortho intramolecular Hbond substituents is 1. The zero-order chi connectivity index (χ0) is 10.6.